The van der Waals surface area contributed by atoms with E-state index in [4.69, 9.17) is 4.74 Å². The largest absolute Gasteiger partial charge is 0.459 e. The minimum atomic E-state index is -0.332. The van der Waals surface area contributed by atoms with Gasteiger partial charge < -0.3 is 4.74 Å². The van der Waals surface area contributed by atoms with Crippen molar-refractivity contribution in [3.8, 4) is 0 Å². The first-order valence-electron chi connectivity index (χ1n) is 10.5. The van der Waals surface area contributed by atoms with Gasteiger partial charge in [0, 0.05) is 12.3 Å². The van der Waals surface area contributed by atoms with E-state index in [0.29, 0.717) is 10.8 Å². The average Bonchev–Trinajstić information content (AvgIpc) is 3.28. The van der Waals surface area contributed by atoms with Crippen LogP contribution in [0.5, 0.6) is 0 Å². The van der Waals surface area contributed by atoms with Crippen molar-refractivity contribution < 1.29 is 14.3 Å². The summed E-state index contributed by atoms with van der Waals surface area (Å²) in [6.45, 7) is 3.47. The lowest BCUT2D eigenvalue weighted by molar-refractivity contribution is -0.144. The van der Waals surface area contributed by atoms with E-state index in [9.17, 15) is 9.59 Å². The predicted octanol–water partition coefficient (Wildman–Crippen LogP) is 5.28. The zero-order valence-electron chi connectivity index (χ0n) is 18.4. The fraction of sp³-hybridized carbons (Fsp3) is 0.154. The molecule has 0 spiro atoms. The number of rotatable bonds is 7. The number of thiazole rings is 1. The number of carbonyl (C=O) groups is 2. The molecule has 0 fully saturated rings. The fourth-order valence-electron chi connectivity index (χ4n) is 3.31. The van der Waals surface area contributed by atoms with Crippen LogP contribution in [0.1, 0.15) is 29.3 Å². The number of benzene rings is 3. The van der Waals surface area contributed by atoms with Gasteiger partial charge in [0.1, 0.15) is 6.61 Å². The summed E-state index contributed by atoms with van der Waals surface area (Å²) >= 11 is 1.27. The van der Waals surface area contributed by atoms with E-state index in [1.54, 1.807) is 11.6 Å². The summed E-state index contributed by atoms with van der Waals surface area (Å²) in [4.78, 5) is 28.9. The Morgan fingerprint density at radius 2 is 1.82 bits per heavy atom. The normalized spacial score (nSPS) is 11.1. The highest BCUT2D eigenvalue weighted by atomic mass is 32.1. The van der Waals surface area contributed by atoms with Gasteiger partial charge in [0.25, 0.3) is 0 Å². The second kappa shape index (κ2) is 10.2. The molecule has 0 aliphatic heterocycles. The van der Waals surface area contributed by atoms with E-state index >= 15 is 0 Å². The highest BCUT2D eigenvalue weighted by molar-refractivity contribution is 7.14. The fourth-order valence-corrected chi connectivity index (χ4v) is 4.12. The van der Waals surface area contributed by atoms with Gasteiger partial charge in [-0.3, -0.25) is 9.59 Å². The third kappa shape index (κ3) is 5.70. The second-order valence-electron chi connectivity index (χ2n) is 7.58. The number of esters is 1. The Bertz CT molecular complexity index is 1310. The summed E-state index contributed by atoms with van der Waals surface area (Å²) in [5.41, 5.74) is 3.52. The highest BCUT2D eigenvalue weighted by Crippen LogP contribution is 2.23. The highest BCUT2D eigenvalue weighted by Gasteiger charge is 2.16. The molecule has 0 unspecified atom stereocenters. The molecule has 1 heterocycles. The van der Waals surface area contributed by atoms with E-state index in [0.717, 1.165) is 27.5 Å². The first-order chi connectivity index (χ1) is 16.0. The second-order valence-corrected chi connectivity index (χ2v) is 8.42. The molecule has 0 atom stereocenters. The standard InChI is InChI=1S/C26H23N3O3S/c1-18-10-12-20(13-11-18)15-27-29(19(2)30)26-28-23(17-33-26)16-32-25(31)14-22-8-5-7-21-6-3-4-9-24(21)22/h3-13,15,17H,14,16H2,1-2H3/b27-15+. The monoisotopic (exact) mass is 457 g/mol. The van der Waals surface area contributed by atoms with Crippen molar-refractivity contribution in [2.24, 2.45) is 5.10 Å². The zero-order valence-corrected chi connectivity index (χ0v) is 19.2. The van der Waals surface area contributed by atoms with Crippen LogP contribution in [0.3, 0.4) is 0 Å². The number of carbonyl (C=O) groups excluding carboxylic acids is 2. The van der Waals surface area contributed by atoms with Crippen LogP contribution in [0.25, 0.3) is 10.8 Å². The van der Waals surface area contributed by atoms with Gasteiger partial charge in [-0.25, -0.2) is 4.98 Å². The van der Waals surface area contributed by atoms with Crippen LogP contribution in [-0.4, -0.2) is 23.1 Å². The Kier molecular flexibility index (Phi) is 6.90. The maximum atomic E-state index is 12.4. The van der Waals surface area contributed by atoms with Gasteiger partial charge in [0.2, 0.25) is 11.0 Å². The molecule has 7 heteroatoms. The molecule has 0 saturated carbocycles. The van der Waals surface area contributed by atoms with E-state index in [2.05, 4.69) is 10.1 Å². The van der Waals surface area contributed by atoms with Crippen molar-refractivity contribution in [3.63, 3.8) is 0 Å². The lowest BCUT2D eigenvalue weighted by Crippen LogP contribution is -2.22. The van der Waals surface area contributed by atoms with Crippen LogP contribution in [0, 0.1) is 6.92 Å². The SMILES string of the molecule is CC(=O)N(/N=C/c1ccc(C)cc1)c1nc(COC(=O)Cc2cccc3ccccc23)cs1. The molecule has 0 N–H and O–H groups in total. The van der Waals surface area contributed by atoms with Gasteiger partial charge in [-0.1, -0.05) is 72.3 Å². The number of anilines is 1. The average molecular weight is 458 g/mol. The quantitative estimate of drug-likeness (QED) is 0.215. The topological polar surface area (TPSA) is 71.9 Å². The minimum absolute atomic E-state index is 0.0352. The third-order valence-corrected chi connectivity index (χ3v) is 5.88. The van der Waals surface area contributed by atoms with Crippen LogP contribution < -0.4 is 5.01 Å². The van der Waals surface area contributed by atoms with Gasteiger partial charge in [0.15, 0.2) is 0 Å². The van der Waals surface area contributed by atoms with Crippen molar-refractivity contribution in [1.29, 1.82) is 0 Å². The third-order valence-electron chi connectivity index (χ3n) is 5.01. The minimum Gasteiger partial charge on any atom is -0.459 e. The number of nitrogens with zero attached hydrogens (tertiary/aromatic N) is 3. The lowest BCUT2D eigenvalue weighted by Gasteiger charge is -2.10. The van der Waals surface area contributed by atoms with E-state index in [1.807, 2.05) is 73.7 Å². The molecule has 4 rings (SSSR count). The maximum Gasteiger partial charge on any atom is 0.310 e. The van der Waals surface area contributed by atoms with Crippen LogP contribution in [-0.2, 0) is 27.4 Å². The van der Waals surface area contributed by atoms with Crippen LogP contribution in [0.4, 0.5) is 5.13 Å². The van der Waals surface area contributed by atoms with Gasteiger partial charge in [-0.2, -0.15) is 10.1 Å². The Morgan fingerprint density at radius 1 is 1.06 bits per heavy atom. The van der Waals surface area contributed by atoms with Crippen molar-refractivity contribution in [2.75, 3.05) is 5.01 Å². The molecule has 6 nitrogen and oxygen atoms in total. The molecular weight excluding hydrogens is 434 g/mol. The van der Waals surface area contributed by atoms with E-state index < -0.39 is 0 Å². The summed E-state index contributed by atoms with van der Waals surface area (Å²) in [6, 6.07) is 21.6. The molecule has 4 aromatic rings. The lowest BCUT2D eigenvalue weighted by atomic mass is 10.0. The summed E-state index contributed by atoms with van der Waals surface area (Å²) in [7, 11) is 0. The molecule has 0 radical (unpaired) electrons. The number of hydrazone groups is 1. The van der Waals surface area contributed by atoms with Gasteiger partial charge in [-0.15, -0.1) is 11.3 Å². The number of aryl methyl sites for hydroxylation is 1. The van der Waals surface area contributed by atoms with Crippen molar-refractivity contribution in [2.45, 2.75) is 26.9 Å². The zero-order chi connectivity index (χ0) is 23.2. The Hall–Kier alpha value is -3.84. The molecule has 33 heavy (non-hydrogen) atoms. The number of aromatic nitrogens is 1. The van der Waals surface area contributed by atoms with Gasteiger partial charge in [0.05, 0.1) is 18.3 Å². The summed E-state index contributed by atoms with van der Waals surface area (Å²) in [5.74, 6) is -0.589. The first kappa shape index (κ1) is 22.4. The number of fused-ring (bicyclic) bond motifs is 1. The Labute approximate surface area is 196 Å². The Morgan fingerprint density at radius 3 is 2.61 bits per heavy atom. The Balaban J connectivity index is 1.39. The molecule has 166 valence electrons. The molecular formula is C26H23N3O3S. The molecule has 1 amide bonds. The molecule has 1 aromatic heterocycles. The van der Waals surface area contributed by atoms with E-state index in [-0.39, 0.29) is 24.9 Å². The predicted molar refractivity (Wildman–Crippen MR) is 131 cm³/mol. The molecule has 0 aliphatic carbocycles. The van der Waals surface area contributed by atoms with Crippen molar-refractivity contribution in [1.82, 2.24) is 4.98 Å². The first-order valence-corrected chi connectivity index (χ1v) is 11.4. The van der Waals surface area contributed by atoms with Gasteiger partial charge in [-0.05, 0) is 28.8 Å². The van der Waals surface area contributed by atoms with Crippen LogP contribution in [0.2, 0.25) is 0 Å². The number of hydrogen-bond acceptors (Lipinski definition) is 6. The smallest absolute Gasteiger partial charge is 0.310 e. The summed E-state index contributed by atoms with van der Waals surface area (Å²) < 4.78 is 5.44. The maximum absolute atomic E-state index is 12.4. The summed E-state index contributed by atoms with van der Waals surface area (Å²) in [6.07, 6.45) is 1.80. The van der Waals surface area contributed by atoms with E-state index in [1.165, 1.54) is 23.3 Å². The molecule has 3 aromatic carbocycles. The summed E-state index contributed by atoms with van der Waals surface area (Å²) in [5, 5.41) is 9.84. The number of amides is 1. The molecule has 0 aliphatic rings. The number of ether oxygens (including phenoxy) is 1. The van der Waals surface area contributed by atoms with Crippen LogP contribution in [0.15, 0.2) is 77.2 Å². The van der Waals surface area contributed by atoms with Crippen LogP contribution >= 0.6 is 11.3 Å². The molecule has 0 saturated heterocycles. The van der Waals surface area contributed by atoms with Crippen molar-refractivity contribution >= 4 is 45.3 Å². The number of hydrogen-bond donors (Lipinski definition) is 0. The van der Waals surface area contributed by atoms with Gasteiger partial charge >= 0.3 is 5.97 Å². The molecule has 0 bridgehead atoms. The van der Waals surface area contributed by atoms with Crippen molar-refractivity contribution in [3.05, 3.63) is 94.5 Å².